The number of rotatable bonds is 7. The highest BCUT2D eigenvalue weighted by Crippen LogP contribution is 2.15. The van der Waals surface area contributed by atoms with E-state index in [2.05, 4.69) is 12.3 Å². The summed E-state index contributed by atoms with van der Waals surface area (Å²) >= 11 is 0. The van der Waals surface area contributed by atoms with Gasteiger partial charge < -0.3 is 0 Å². The Morgan fingerprint density at radius 2 is 1.79 bits per heavy atom. The predicted molar refractivity (Wildman–Crippen MR) is 93.8 cm³/mol. The molecule has 0 heterocycles. The van der Waals surface area contributed by atoms with Crippen molar-refractivity contribution in [1.29, 1.82) is 0 Å². The van der Waals surface area contributed by atoms with E-state index in [1.165, 1.54) is 29.6 Å². The lowest BCUT2D eigenvalue weighted by molar-refractivity contribution is -0.139. The predicted octanol–water partition coefficient (Wildman–Crippen LogP) is 4.46. The summed E-state index contributed by atoms with van der Waals surface area (Å²) in [6.45, 7) is 7.71. The van der Waals surface area contributed by atoms with Crippen molar-refractivity contribution in [2.75, 3.05) is 0 Å². The fraction of sp³-hybridized carbons (Fsp3) is 0.579. The molecule has 0 aromatic heterocycles. The van der Waals surface area contributed by atoms with E-state index in [4.69, 9.17) is 0 Å². The molecule has 0 atom stereocenters. The van der Waals surface area contributed by atoms with Gasteiger partial charge in [-0.1, -0.05) is 38.7 Å². The van der Waals surface area contributed by atoms with Crippen LogP contribution in [-0.2, 0) is 4.79 Å². The number of carbonyl (C=O) groups excluding carboxylic acids is 2. The van der Waals surface area contributed by atoms with Crippen molar-refractivity contribution in [3.63, 3.8) is 0 Å². The third-order valence-corrected chi connectivity index (χ3v) is 3.71. The smallest absolute Gasteiger partial charge is 0.269 e. The van der Waals surface area contributed by atoms with Crippen molar-refractivity contribution in [2.24, 2.45) is 0 Å². The number of hydrogen-bond acceptors (Lipinski definition) is 2. The van der Waals surface area contributed by atoms with Crippen LogP contribution >= 0.6 is 0 Å². The zero-order valence-corrected chi connectivity index (χ0v) is 15.2. The van der Waals surface area contributed by atoms with Crippen LogP contribution in [0.15, 0.2) is 24.3 Å². The summed E-state index contributed by atoms with van der Waals surface area (Å²) < 4.78 is 13.3. The Kier molecular flexibility index (Phi) is 7.89. The van der Waals surface area contributed by atoms with Gasteiger partial charge in [-0.25, -0.2) is 9.40 Å². The molecule has 0 radical (unpaired) electrons. The molecule has 0 fully saturated rings. The average Bonchev–Trinajstić information content (AvgIpc) is 2.50. The molecule has 1 rings (SSSR count). The van der Waals surface area contributed by atoms with E-state index in [0.717, 1.165) is 31.7 Å². The van der Waals surface area contributed by atoms with Crippen LogP contribution in [0, 0.1) is 5.82 Å². The van der Waals surface area contributed by atoms with Gasteiger partial charge in [0.05, 0.1) is 5.54 Å². The van der Waals surface area contributed by atoms with E-state index < -0.39 is 17.3 Å². The fourth-order valence-corrected chi connectivity index (χ4v) is 2.39. The van der Waals surface area contributed by atoms with Crippen LogP contribution in [0.25, 0.3) is 0 Å². The first kappa shape index (κ1) is 20.1. The molecule has 1 aromatic carbocycles. The summed E-state index contributed by atoms with van der Waals surface area (Å²) in [6.07, 6.45) is 5.66. The highest BCUT2D eigenvalue weighted by molar-refractivity contribution is 5.95. The lowest BCUT2D eigenvalue weighted by Crippen LogP contribution is -2.55. The summed E-state index contributed by atoms with van der Waals surface area (Å²) in [4.78, 5) is 24.8. The van der Waals surface area contributed by atoms with Crippen molar-refractivity contribution in [2.45, 2.75) is 71.8 Å². The van der Waals surface area contributed by atoms with Crippen molar-refractivity contribution >= 4 is 11.8 Å². The van der Waals surface area contributed by atoms with Crippen LogP contribution in [0.3, 0.4) is 0 Å². The molecule has 2 amide bonds. The number of hydrogen-bond donors (Lipinski definition) is 1. The Hall–Kier alpha value is -1.91. The van der Waals surface area contributed by atoms with Crippen LogP contribution < -0.4 is 5.43 Å². The monoisotopic (exact) mass is 336 g/mol. The van der Waals surface area contributed by atoms with Gasteiger partial charge in [0.1, 0.15) is 5.82 Å². The fourth-order valence-electron chi connectivity index (χ4n) is 2.39. The van der Waals surface area contributed by atoms with E-state index in [1.54, 1.807) is 0 Å². The molecule has 0 saturated carbocycles. The first-order valence-electron chi connectivity index (χ1n) is 8.65. The SMILES string of the molecule is CCCCCCCC(=O)N(NC(=O)c1cccc(F)c1)C(C)(C)C. The second-order valence-corrected chi connectivity index (χ2v) is 7.02. The van der Waals surface area contributed by atoms with Gasteiger partial charge in [-0.3, -0.25) is 15.0 Å². The van der Waals surface area contributed by atoms with Crippen LogP contribution in [0.4, 0.5) is 4.39 Å². The molecule has 1 N–H and O–H groups in total. The summed E-state index contributed by atoms with van der Waals surface area (Å²) in [6, 6.07) is 5.43. The molecule has 134 valence electrons. The second kappa shape index (κ2) is 9.40. The zero-order valence-electron chi connectivity index (χ0n) is 15.2. The molecule has 0 aliphatic rings. The Labute approximate surface area is 144 Å². The molecule has 0 spiro atoms. The molecule has 0 saturated heterocycles. The standard InChI is InChI=1S/C19H29FN2O2/c1-5-6-7-8-9-13-17(23)22(19(2,3)4)21-18(24)15-11-10-12-16(20)14-15/h10-12,14H,5-9,13H2,1-4H3,(H,21,24). The second-order valence-electron chi connectivity index (χ2n) is 7.02. The van der Waals surface area contributed by atoms with E-state index in [9.17, 15) is 14.0 Å². The van der Waals surface area contributed by atoms with Crippen LogP contribution in [0.1, 0.15) is 76.6 Å². The summed E-state index contributed by atoms with van der Waals surface area (Å²) in [5.74, 6) is -1.08. The van der Waals surface area contributed by atoms with Crippen LogP contribution in [0.5, 0.6) is 0 Å². The molecular weight excluding hydrogens is 307 g/mol. The van der Waals surface area contributed by atoms with Gasteiger partial charge in [0.15, 0.2) is 0 Å². The van der Waals surface area contributed by atoms with Gasteiger partial charge in [0, 0.05) is 12.0 Å². The highest BCUT2D eigenvalue weighted by Gasteiger charge is 2.28. The molecule has 1 aromatic rings. The number of hydrazine groups is 1. The van der Waals surface area contributed by atoms with E-state index >= 15 is 0 Å². The van der Waals surface area contributed by atoms with Gasteiger partial charge in [0.2, 0.25) is 5.91 Å². The zero-order chi connectivity index (χ0) is 18.2. The number of nitrogens with zero attached hydrogens (tertiary/aromatic N) is 1. The van der Waals surface area contributed by atoms with Crippen LogP contribution in [0.2, 0.25) is 0 Å². The minimum atomic E-state index is -0.552. The Bertz CT molecular complexity index is 553. The minimum Gasteiger partial charge on any atom is -0.273 e. The maximum absolute atomic E-state index is 13.3. The number of amides is 2. The number of halogens is 1. The molecular formula is C19H29FN2O2. The third-order valence-electron chi connectivity index (χ3n) is 3.71. The topological polar surface area (TPSA) is 49.4 Å². The summed E-state index contributed by atoms with van der Waals surface area (Å²) in [5.41, 5.74) is 2.27. The molecule has 0 aliphatic heterocycles. The Morgan fingerprint density at radius 1 is 1.12 bits per heavy atom. The van der Waals surface area contributed by atoms with Gasteiger partial charge in [-0.15, -0.1) is 0 Å². The maximum atomic E-state index is 13.3. The maximum Gasteiger partial charge on any atom is 0.269 e. The first-order valence-corrected chi connectivity index (χ1v) is 8.65. The van der Waals surface area contributed by atoms with Crippen molar-refractivity contribution in [3.8, 4) is 0 Å². The summed E-state index contributed by atoms with van der Waals surface area (Å²) in [5, 5.41) is 1.36. The minimum absolute atomic E-state index is 0.122. The van der Waals surface area contributed by atoms with Gasteiger partial charge in [0.25, 0.3) is 5.91 Å². The molecule has 5 heteroatoms. The molecule has 0 bridgehead atoms. The van der Waals surface area contributed by atoms with Gasteiger partial charge in [-0.2, -0.15) is 0 Å². The number of carbonyl (C=O) groups is 2. The first-order chi connectivity index (χ1) is 11.3. The van der Waals surface area contributed by atoms with Crippen molar-refractivity contribution in [3.05, 3.63) is 35.6 Å². The van der Waals surface area contributed by atoms with Gasteiger partial charge >= 0.3 is 0 Å². The van der Waals surface area contributed by atoms with Crippen molar-refractivity contribution in [1.82, 2.24) is 10.4 Å². The Balaban J connectivity index is 2.68. The lowest BCUT2D eigenvalue weighted by Gasteiger charge is -2.35. The highest BCUT2D eigenvalue weighted by atomic mass is 19.1. The number of nitrogens with one attached hydrogen (secondary N) is 1. The largest absolute Gasteiger partial charge is 0.273 e. The van der Waals surface area contributed by atoms with E-state index in [1.807, 2.05) is 20.8 Å². The lowest BCUT2D eigenvalue weighted by atomic mass is 10.1. The number of benzene rings is 1. The Morgan fingerprint density at radius 3 is 2.38 bits per heavy atom. The molecule has 0 unspecified atom stereocenters. The van der Waals surface area contributed by atoms with Crippen LogP contribution in [-0.4, -0.2) is 22.4 Å². The third kappa shape index (κ3) is 6.69. The normalized spacial score (nSPS) is 11.2. The van der Waals surface area contributed by atoms with E-state index in [-0.39, 0.29) is 11.5 Å². The number of unbranched alkanes of at least 4 members (excludes halogenated alkanes) is 4. The van der Waals surface area contributed by atoms with E-state index in [0.29, 0.717) is 6.42 Å². The van der Waals surface area contributed by atoms with Gasteiger partial charge in [-0.05, 0) is 45.4 Å². The molecule has 24 heavy (non-hydrogen) atoms. The average molecular weight is 336 g/mol. The molecule has 0 aliphatic carbocycles. The van der Waals surface area contributed by atoms with Crippen molar-refractivity contribution < 1.29 is 14.0 Å². The molecule has 4 nitrogen and oxygen atoms in total. The quantitative estimate of drug-likeness (QED) is 0.590. The summed E-state index contributed by atoms with van der Waals surface area (Å²) in [7, 11) is 0.